The lowest BCUT2D eigenvalue weighted by Gasteiger charge is -2.40. The smallest absolute Gasteiger partial charge is 0.247 e. The maximum atomic E-state index is 9.68. The summed E-state index contributed by atoms with van der Waals surface area (Å²) in [5, 5.41) is 4.11. The molecule has 182 valence electrons. The lowest BCUT2D eigenvalue weighted by Crippen LogP contribution is -2.54. The fourth-order valence-corrected chi connectivity index (χ4v) is 4.11. The van der Waals surface area contributed by atoms with Gasteiger partial charge in [-0.1, -0.05) is 18.2 Å². The van der Waals surface area contributed by atoms with Crippen LogP contribution in [0.4, 0.5) is 5.82 Å². The molecule has 2 saturated heterocycles. The second-order valence-electron chi connectivity index (χ2n) is 8.07. The standard InChI is InChI=1S/C21H23N5O.C3H5ClO2.ClH/c1-2-4-18-15(3-1)5-6-19(25-18)26-13-17(14-26)27-21-20(23-11-12-24-21)16-7-9-22-10-8-16;1-6-2-3(4)5;/h1-6,11-12,16-17,22H,7-10,13-14H2;2H2,1H3;1H. The monoisotopic (exact) mass is 505 g/mol. The van der Waals surface area contributed by atoms with Crippen LogP contribution < -0.4 is 15.0 Å². The van der Waals surface area contributed by atoms with Gasteiger partial charge < -0.3 is 19.7 Å². The Kier molecular flexibility index (Phi) is 9.83. The largest absolute Gasteiger partial charge is 0.469 e. The first-order valence-corrected chi connectivity index (χ1v) is 11.5. The molecular weight excluding hydrogens is 477 g/mol. The zero-order valence-electron chi connectivity index (χ0n) is 19.0. The van der Waals surface area contributed by atoms with Gasteiger partial charge in [-0.05, 0) is 55.7 Å². The summed E-state index contributed by atoms with van der Waals surface area (Å²) >= 11 is 4.81. The normalized spacial score (nSPS) is 16.1. The Hall–Kier alpha value is -2.52. The second kappa shape index (κ2) is 12.8. The summed E-state index contributed by atoms with van der Waals surface area (Å²) < 4.78 is 10.5. The first-order chi connectivity index (χ1) is 16.1. The molecule has 3 aromatic rings. The van der Waals surface area contributed by atoms with Crippen molar-refractivity contribution >= 4 is 46.0 Å². The topological polar surface area (TPSA) is 89.5 Å². The average Bonchev–Trinajstić information content (AvgIpc) is 2.82. The molecule has 2 aliphatic heterocycles. The van der Waals surface area contributed by atoms with E-state index in [-0.39, 0.29) is 25.1 Å². The third kappa shape index (κ3) is 6.76. The number of halogens is 2. The maximum absolute atomic E-state index is 9.68. The van der Waals surface area contributed by atoms with Crippen LogP contribution in [0.25, 0.3) is 10.9 Å². The minimum absolute atomic E-state index is 0. The number of nitrogens with zero attached hydrogens (tertiary/aromatic N) is 4. The highest BCUT2D eigenvalue weighted by Gasteiger charge is 2.31. The van der Waals surface area contributed by atoms with E-state index in [0.717, 1.165) is 56.0 Å². The number of para-hydroxylation sites is 1. The molecule has 5 rings (SSSR count). The van der Waals surface area contributed by atoms with Crippen LogP contribution in [0.5, 0.6) is 5.88 Å². The molecule has 0 unspecified atom stereocenters. The molecular formula is C24H29Cl2N5O3. The summed E-state index contributed by atoms with van der Waals surface area (Å²) in [6.45, 7) is 3.72. The zero-order chi connectivity index (χ0) is 23.0. The van der Waals surface area contributed by atoms with Crippen LogP contribution in [0.3, 0.4) is 0 Å². The molecule has 4 heterocycles. The minimum atomic E-state index is -0.461. The van der Waals surface area contributed by atoms with E-state index in [4.69, 9.17) is 21.3 Å². The number of piperidine rings is 1. The van der Waals surface area contributed by atoms with Crippen LogP contribution >= 0.6 is 24.0 Å². The Morgan fingerprint density at radius 2 is 1.85 bits per heavy atom. The number of carbonyl (C=O) groups is 1. The van der Waals surface area contributed by atoms with E-state index in [0.29, 0.717) is 11.8 Å². The van der Waals surface area contributed by atoms with Gasteiger partial charge in [0.1, 0.15) is 24.2 Å². The number of carbonyl (C=O) groups excluding carboxylic acids is 1. The van der Waals surface area contributed by atoms with Gasteiger partial charge in [-0.2, -0.15) is 0 Å². The number of nitrogens with one attached hydrogen (secondary N) is 1. The molecule has 0 amide bonds. The van der Waals surface area contributed by atoms with Crippen molar-refractivity contribution in [2.45, 2.75) is 24.9 Å². The number of ether oxygens (including phenoxy) is 2. The molecule has 2 aliphatic rings. The molecule has 0 radical (unpaired) electrons. The molecule has 2 aromatic heterocycles. The van der Waals surface area contributed by atoms with Crippen molar-refractivity contribution in [1.29, 1.82) is 0 Å². The molecule has 10 heteroatoms. The van der Waals surface area contributed by atoms with Crippen LogP contribution in [0.1, 0.15) is 24.5 Å². The predicted molar refractivity (Wildman–Crippen MR) is 135 cm³/mol. The SMILES string of the molecule is COCC(=O)Cl.Cl.c1ccc2nc(N3CC(Oc4nccnc4C4CCNCC4)C3)ccc2c1. The van der Waals surface area contributed by atoms with Crippen LogP contribution in [-0.4, -0.2) is 66.2 Å². The van der Waals surface area contributed by atoms with Gasteiger partial charge in [0, 0.05) is 30.8 Å². The van der Waals surface area contributed by atoms with E-state index in [1.165, 1.54) is 12.5 Å². The predicted octanol–water partition coefficient (Wildman–Crippen LogP) is 3.58. The third-order valence-electron chi connectivity index (χ3n) is 5.71. The van der Waals surface area contributed by atoms with Gasteiger partial charge in [-0.15, -0.1) is 12.4 Å². The Morgan fingerprint density at radius 3 is 2.56 bits per heavy atom. The summed E-state index contributed by atoms with van der Waals surface area (Å²) in [6, 6.07) is 12.4. The first-order valence-electron chi connectivity index (χ1n) is 11.1. The fourth-order valence-electron chi connectivity index (χ4n) is 4.00. The number of hydrogen-bond donors (Lipinski definition) is 1. The van der Waals surface area contributed by atoms with E-state index >= 15 is 0 Å². The Labute approximate surface area is 210 Å². The lowest BCUT2D eigenvalue weighted by molar-refractivity contribution is -0.114. The molecule has 0 bridgehead atoms. The molecule has 0 saturated carbocycles. The molecule has 2 fully saturated rings. The van der Waals surface area contributed by atoms with Crippen molar-refractivity contribution < 1.29 is 14.3 Å². The van der Waals surface area contributed by atoms with Crippen LogP contribution in [0.15, 0.2) is 48.8 Å². The van der Waals surface area contributed by atoms with E-state index < -0.39 is 5.24 Å². The highest BCUT2D eigenvalue weighted by molar-refractivity contribution is 6.63. The average molecular weight is 506 g/mol. The number of methoxy groups -OCH3 is 1. The van der Waals surface area contributed by atoms with Gasteiger partial charge in [0.05, 0.1) is 18.6 Å². The highest BCUT2D eigenvalue weighted by atomic mass is 35.5. The fraction of sp³-hybridized carbons (Fsp3) is 0.417. The molecule has 0 aliphatic carbocycles. The zero-order valence-corrected chi connectivity index (χ0v) is 20.6. The van der Waals surface area contributed by atoms with Crippen molar-refractivity contribution in [2.24, 2.45) is 0 Å². The molecule has 0 atom stereocenters. The molecule has 0 spiro atoms. The van der Waals surface area contributed by atoms with Gasteiger partial charge in [0.15, 0.2) is 0 Å². The minimum Gasteiger partial charge on any atom is -0.469 e. The molecule has 8 nitrogen and oxygen atoms in total. The van der Waals surface area contributed by atoms with Gasteiger partial charge >= 0.3 is 0 Å². The lowest BCUT2D eigenvalue weighted by atomic mass is 9.94. The summed E-state index contributed by atoms with van der Waals surface area (Å²) in [5.74, 6) is 2.15. The van der Waals surface area contributed by atoms with Gasteiger partial charge in [0.2, 0.25) is 11.1 Å². The third-order valence-corrected chi connectivity index (χ3v) is 5.82. The van der Waals surface area contributed by atoms with Gasteiger partial charge in [0.25, 0.3) is 0 Å². The number of hydrogen-bond acceptors (Lipinski definition) is 8. The quantitative estimate of drug-likeness (QED) is 0.508. The molecule has 1 aromatic carbocycles. The van der Waals surface area contributed by atoms with Crippen LogP contribution in [0, 0.1) is 0 Å². The van der Waals surface area contributed by atoms with Crippen molar-refractivity contribution in [2.75, 3.05) is 44.8 Å². The summed E-state index contributed by atoms with van der Waals surface area (Å²) in [6.07, 6.45) is 5.81. The van der Waals surface area contributed by atoms with Crippen molar-refractivity contribution in [1.82, 2.24) is 20.3 Å². The summed E-state index contributed by atoms with van der Waals surface area (Å²) in [4.78, 5) is 25.8. The number of benzene rings is 1. The number of fused-ring (bicyclic) bond motifs is 1. The Morgan fingerprint density at radius 1 is 1.12 bits per heavy atom. The van der Waals surface area contributed by atoms with Crippen molar-refractivity contribution in [3.8, 4) is 5.88 Å². The van der Waals surface area contributed by atoms with Crippen molar-refractivity contribution in [3.05, 3.63) is 54.5 Å². The summed E-state index contributed by atoms with van der Waals surface area (Å²) in [7, 11) is 1.42. The van der Waals surface area contributed by atoms with E-state index in [9.17, 15) is 4.79 Å². The summed E-state index contributed by atoms with van der Waals surface area (Å²) in [5.41, 5.74) is 2.04. The van der Waals surface area contributed by atoms with E-state index in [1.807, 2.05) is 12.1 Å². The van der Waals surface area contributed by atoms with Gasteiger partial charge in [-0.25, -0.2) is 9.97 Å². The van der Waals surface area contributed by atoms with Crippen LogP contribution in [-0.2, 0) is 9.53 Å². The Balaban J connectivity index is 0.000000415. The Bertz CT molecular complexity index is 1080. The first kappa shape index (κ1) is 26.1. The molecule has 34 heavy (non-hydrogen) atoms. The number of pyridine rings is 1. The number of anilines is 1. The maximum Gasteiger partial charge on any atom is 0.247 e. The number of rotatable bonds is 6. The molecule has 1 N–H and O–H groups in total. The van der Waals surface area contributed by atoms with Gasteiger partial charge in [-0.3, -0.25) is 9.78 Å². The van der Waals surface area contributed by atoms with E-state index in [1.54, 1.807) is 12.4 Å². The second-order valence-corrected chi connectivity index (χ2v) is 8.49. The van der Waals surface area contributed by atoms with Crippen molar-refractivity contribution in [3.63, 3.8) is 0 Å². The van der Waals surface area contributed by atoms with Crippen LogP contribution in [0.2, 0.25) is 0 Å². The highest BCUT2D eigenvalue weighted by Crippen LogP contribution is 2.31. The van der Waals surface area contributed by atoms with E-state index in [2.05, 4.69) is 49.2 Å². The number of aromatic nitrogens is 3.